The maximum absolute atomic E-state index is 9.17. The average Bonchev–Trinajstić information content (AvgIpc) is 3.35. The summed E-state index contributed by atoms with van der Waals surface area (Å²) in [6.07, 6.45) is 2.71. The number of phenolic OH excluding ortho intramolecular Hbond substituents is 2. The lowest BCUT2D eigenvalue weighted by Gasteiger charge is -2.14. The number of aromatic hydroxyl groups is 2. The number of hydrogen-bond acceptors (Lipinski definition) is 6. The normalized spacial score (nSPS) is 14.9. The zero-order valence-corrected chi connectivity index (χ0v) is 19.9. The second-order valence-corrected chi connectivity index (χ2v) is 9.65. The van der Waals surface area contributed by atoms with Gasteiger partial charge in [-0.05, 0) is 68.4 Å². The van der Waals surface area contributed by atoms with Crippen LogP contribution in [0.25, 0.3) is 0 Å². The number of ether oxygens (including phenoxy) is 1. The molecule has 0 aliphatic carbocycles. The number of rotatable bonds is 4. The van der Waals surface area contributed by atoms with Crippen LogP contribution in [0.1, 0.15) is 12.8 Å². The fourth-order valence-corrected chi connectivity index (χ4v) is 5.52. The number of hydrogen-bond donors (Lipinski definition) is 2. The molecular weight excluding hydrogens is 438 g/mol. The molecule has 1 fully saturated rings. The van der Waals surface area contributed by atoms with Crippen LogP contribution in [0.3, 0.4) is 0 Å². The minimum Gasteiger partial charge on any atom is -0.508 e. The van der Waals surface area contributed by atoms with Gasteiger partial charge in [0.05, 0.1) is 0 Å². The first-order chi connectivity index (χ1) is 15.7. The van der Waals surface area contributed by atoms with Crippen molar-refractivity contribution in [1.29, 1.82) is 0 Å². The molecule has 0 spiro atoms. The molecule has 0 atom stereocenters. The number of thioether (sulfide) groups is 2. The van der Waals surface area contributed by atoms with Crippen molar-refractivity contribution in [2.45, 2.75) is 22.6 Å². The highest BCUT2D eigenvalue weighted by Gasteiger charge is 2.11. The van der Waals surface area contributed by atoms with Crippen molar-refractivity contribution in [3.05, 3.63) is 78.9 Å². The van der Waals surface area contributed by atoms with Gasteiger partial charge in [0.1, 0.15) is 23.9 Å². The molecule has 2 heterocycles. The van der Waals surface area contributed by atoms with Crippen LogP contribution in [0.5, 0.6) is 17.2 Å². The number of nitrogens with zero attached hydrogens (tertiary/aromatic N) is 1. The first-order valence-electron chi connectivity index (χ1n) is 10.9. The molecule has 0 radical (unpaired) electrons. The van der Waals surface area contributed by atoms with E-state index in [9.17, 15) is 0 Å². The number of likely N-dealkylation sites (tertiary alicyclic amines) is 1. The van der Waals surface area contributed by atoms with Crippen molar-refractivity contribution in [2.75, 3.05) is 37.7 Å². The molecule has 2 aliphatic heterocycles. The third-order valence-corrected chi connectivity index (χ3v) is 7.42. The second kappa shape index (κ2) is 14.0. The Kier molecular flexibility index (Phi) is 10.7. The van der Waals surface area contributed by atoms with Gasteiger partial charge in [-0.1, -0.05) is 36.4 Å². The molecule has 3 aromatic rings. The van der Waals surface area contributed by atoms with Crippen molar-refractivity contribution < 1.29 is 14.9 Å². The third-order valence-electron chi connectivity index (χ3n) is 4.90. The molecule has 0 amide bonds. The Hall–Kier alpha value is -2.28. The van der Waals surface area contributed by atoms with Gasteiger partial charge in [-0.2, -0.15) is 0 Å². The number of phenols is 2. The number of fused-ring (bicyclic) bond motifs is 1. The minimum atomic E-state index is 0.322. The highest BCUT2D eigenvalue weighted by atomic mass is 32.2. The molecule has 3 aromatic carbocycles. The summed E-state index contributed by atoms with van der Waals surface area (Å²) in [6, 6.07) is 24.3. The van der Waals surface area contributed by atoms with E-state index in [1.165, 1.54) is 41.5 Å². The predicted octanol–water partition coefficient (Wildman–Crippen LogP) is 6.14. The fraction of sp³-hybridized carbons (Fsp3) is 0.308. The van der Waals surface area contributed by atoms with Gasteiger partial charge in [0.2, 0.25) is 0 Å². The molecular formula is C26H31NO3S2. The zero-order chi connectivity index (χ0) is 22.4. The van der Waals surface area contributed by atoms with Crippen LogP contribution in [0.4, 0.5) is 0 Å². The second-order valence-electron chi connectivity index (χ2n) is 7.37. The van der Waals surface area contributed by atoms with Gasteiger partial charge in [-0.3, -0.25) is 4.90 Å². The Morgan fingerprint density at radius 3 is 1.97 bits per heavy atom. The lowest BCUT2D eigenvalue weighted by atomic mass is 10.3. The predicted molar refractivity (Wildman–Crippen MR) is 135 cm³/mol. The summed E-state index contributed by atoms with van der Waals surface area (Å²) in [5, 5.41) is 17.8. The van der Waals surface area contributed by atoms with Crippen LogP contribution >= 0.6 is 23.5 Å². The van der Waals surface area contributed by atoms with Crippen LogP contribution < -0.4 is 4.74 Å². The Labute approximate surface area is 199 Å². The largest absolute Gasteiger partial charge is 0.508 e. The summed E-state index contributed by atoms with van der Waals surface area (Å²) >= 11 is 3.69. The van der Waals surface area contributed by atoms with E-state index < -0.39 is 0 Å². The topological polar surface area (TPSA) is 52.9 Å². The van der Waals surface area contributed by atoms with E-state index in [0.717, 1.165) is 24.7 Å². The van der Waals surface area contributed by atoms with E-state index >= 15 is 0 Å². The van der Waals surface area contributed by atoms with Gasteiger partial charge in [-0.25, -0.2) is 0 Å². The molecule has 0 bridgehead atoms. The third kappa shape index (κ3) is 9.07. The summed E-state index contributed by atoms with van der Waals surface area (Å²) in [7, 11) is 0. The quantitative estimate of drug-likeness (QED) is 0.478. The van der Waals surface area contributed by atoms with E-state index in [1.54, 1.807) is 30.3 Å². The minimum absolute atomic E-state index is 0.322. The Bertz CT molecular complexity index is 903. The van der Waals surface area contributed by atoms with Gasteiger partial charge in [0.25, 0.3) is 0 Å². The lowest BCUT2D eigenvalue weighted by Crippen LogP contribution is -2.25. The van der Waals surface area contributed by atoms with E-state index in [0.29, 0.717) is 11.5 Å². The summed E-state index contributed by atoms with van der Waals surface area (Å²) in [4.78, 5) is 4.99. The van der Waals surface area contributed by atoms with Crippen molar-refractivity contribution >= 4 is 23.5 Å². The number of benzene rings is 3. The van der Waals surface area contributed by atoms with Gasteiger partial charge in [-0.15, -0.1) is 23.5 Å². The average molecular weight is 470 g/mol. The molecule has 1 saturated heterocycles. The molecule has 2 N–H and O–H groups in total. The van der Waals surface area contributed by atoms with E-state index in [2.05, 4.69) is 4.90 Å². The molecule has 6 heteroatoms. The Balaban J connectivity index is 0.000000143. The molecule has 2 aliphatic rings. The monoisotopic (exact) mass is 469 g/mol. The standard InChI is InChI=1S/C12H17NO.C8H8OS2.C6H6O/c1-2-6-12(7-3-1)14-11-10-13-8-4-5-9-13;9-6-1-2-7-8(5-6)11-4-3-10-7;7-6-4-2-1-3-5-6/h1-3,6-7H,4-5,8-11H2;1-2,5,9H,3-4H2;1-5,7H. The molecule has 0 unspecified atom stereocenters. The van der Waals surface area contributed by atoms with Crippen LogP contribution in [0.2, 0.25) is 0 Å². The zero-order valence-electron chi connectivity index (χ0n) is 18.2. The van der Waals surface area contributed by atoms with Gasteiger partial charge < -0.3 is 14.9 Å². The summed E-state index contributed by atoms with van der Waals surface area (Å²) < 4.78 is 5.63. The summed E-state index contributed by atoms with van der Waals surface area (Å²) in [5.41, 5.74) is 0. The smallest absolute Gasteiger partial charge is 0.119 e. The molecule has 170 valence electrons. The highest BCUT2D eigenvalue weighted by molar-refractivity contribution is 8.05. The highest BCUT2D eigenvalue weighted by Crippen LogP contribution is 2.38. The first-order valence-corrected chi connectivity index (χ1v) is 12.9. The first kappa shape index (κ1) is 24.4. The van der Waals surface area contributed by atoms with Gasteiger partial charge >= 0.3 is 0 Å². The van der Waals surface area contributed by atoms with E-state index in [-0.39, 0.29) is 0 Å². The van der Waals surface area contributed by atoms with Gasteiger partial charge in [0.15, 0.2) is 0 Å². The van der Waals surface area contributed by atoms with E-state index in [1.807, 2.05) is 72.1 Å². The Morgan fingerprint density at radius 2 is 1.34 bits per heavy atom. The van der Waals surface area contributed by atoms with Crippen molar-refractivity contribution in [3.63, 3.8) is 0 Å². The lowest BCUT2D eigenvalue weighted by molar-refractivity contribution is 0.238. The molecule has 5 rings (SSSR count). The fourth-order valence-electron chi connectivity index (χ4n) is 3.28. The molecule has 0 aromatic heterocycles. The molecule has 4 nitrogen and oxygen atoms in total. The Morgan fingerprint density at radius 1 is 0.719 bits per heavy atom. The van der Waals surface area contributed by atoms with Crippen LogP contribution in [0, 0.1) is 0 Å². The van der Waals surface area contributed by atoms with E-state index in [4.69, 9.17) is 14.9 Å². The van der Waals surface area contributed by atoms with Crippen LogP contribution in [-0.4, -0.2) is 52.9 Å². The van der Waals surface area contributed by atoms with Crippen molar-refractivity contribution in [1.82, 2.24) is 4.90 Å². The van der Waals surface area contributed by atoms with Crippen molar-refractivity contribution in [2.24, 2.45) is 0 Å². The molecule has 32 heavy (non-hydrogen) atoms. The van der Waals surface area contributed by atoms with Crippen LogP contribution in [0.15, 0.2) is 88.7 Å². The molecule has 0 saturated carbocycles. The van der Waals surface area contributed by atoms with Gasteiger partial charge in [0, 0.05) is 27.8 Å². The summed E-state index contributed by atoms with van der Waals surface area (Å²) in [6.45, 7) is 4.37. The summed E-state index contributed by atoms with van der Waals surface area (Å²) in [5.74, 6) is 4.01. The van der Waals surface area contributed by atoms with Crippen molar-refractivity contribution in [3.8, 4) is 17.2 Å². The maximum Gasteiger partial charge on any atom is 0.119 e. The van der Waals surface area contributed by atoms with Crippen LogP contribution in [-0.2, 0) is 0 Å². The SMILES string of the molecule is Oc1ccc2c(c1)SCCS2.Oc1ccccc1.c1ccc(OCCN2CCCC2)cc1. The number of para-hydroxylation sites is 2. The maximum atomic E-state index is 9.17.